The highest BCUT2D eigenvalue weighted by Crippen LogP contribution is 2.16. The summed E-state index contributed by atoms with van der Waals surface area (Å²) in [6.07, 6.45) is 2.36. The Labute approximate surface area is 159 Å². The Morgan fingerprint density at radius 3 is 2.41 bits per heavy atom. The second-order valence-electron chi connectivity index (χ2n) is 6.66. The average Bonchev–Trinajstić information content (AvgIpc) is 2.97. The Hall–Kier alpha value is -3.21. The summed E-state index contributed by atoms with van der Waals surface area (Å²) in [5, 5.41) is 8.74. The van der Waals surface area contributed by atoms with Crippen LogP contribution in [0.1, 0.15) is 29.4 Å². The first-order valence-electron chi connectivity index (χ1n) is 9.04. The van der Waals surface area contributed by atoms with Gasteiger partial charge < -0.3 is 0 Å². The van der Waals surface area contributed by atoms with E-state index >= 15 is 0 Å². The third-order valence-electron chi connectivity index (χ3n) is 4.55. The first-order chi connectivity index (χ1) is 13.1. The fraction of sp³-hybridized carbons (Fsp3) is 0.227. The fourth-order valence-electron chi connectivity index (χ4n) is 2.99. The molecule has 0 unspecified atom stereocenters. The number of amides is 1. The summed E-state index contributed by atoms with van der Waals surface area (Å²) in [6.45, 7) is 5.84. The van der Waals surface area contributed by atoms with Crippen molar-refractivity contribution < 1.29 is 4.79 Å². The molecule has 3 aromatic rings. The van der Waals surface area contributed by atoms with E-state index in [0.717, 1.165) is 28.2 Å². The minimum absolute atomic E-state index is 0.0964. The van der Waals surface area contributed by atoms with E-state index in [1.165, 1.54) is 0 Å². The molecule has 138 valence electrons. The van der Waals surface area contributed by atoms with Crippen molar-refractivity contribution in [3.8, 4) is 5.69 Å². The Morgan fingerprint density at radius 1 is 1.11 bits per heavy atom. The van der Waals surface area contributed by atoms with Crippen molar-refractivity contribution in [2.75, 3.05) is 0 Å². The van der Waals surface area contributed by atoms with Gasteiger partial charge >= 0.3 is 0 Å². The zero-order valence-corrected chi connectivity index (χ0v) is 15.9. The first-order valence-corrected chi connectivity index (χ1v) is 9.04. The first kappa shape index (κ1) is 18.6. The lowest BCUT2D eigenvalue weighted by atomic mass is 10.0. The van der Waals surface area contributed by atoms with Crippen LogP contribution in [0.4, 0.5) is 0 Å². The molecule has 0 saturated carbocycles. The largest absolute Gasteiger partial charge is 0.273 e. The van der Waals surface area contributed by atoms with E-state index < -0.39 is 0 Å². The third kappa shape index (κ3) is 4.50. The number of carbonyl (C=O) groups excluding carboxylic acids is 1. The Kier molecular flexibility index (Phi) is 5.81. The zero-order valence-electron chi connectivity index (χ0n) is 15.9. The molecule has 5 heteroatoms. The lowest BCUT2D eigenvalue weighted by Gasteiger charge is -2.09. The van der Waals surface area contributed by atoms with Crippen molar-refractivity contribution in [2.45, 2.75) is 27.2 Å². The number of hydrazone groups is 1. The van der Waals surface area contributed by atoms with Gasteiger partial charge in [-0.3, -0.25) is 4.79 Å². The van der Waals surface area contributed by atoms with Crippen molar-refractivity contribution in [1.82, 2.24) is 15.2 Å². The van der Waals surface area contributed by atoms with Crippen molar-refractivity contribution in [1.29, 1.82) is 0 Å². The molecule has 0 aliphatic heterocycles. The highest BCUT2D eigenvalue weighted by molar-refractivity contribution is 5.85. The molecule has 0 aliphatic carbocycles. The molecule has 0 saturated heterocycles. The minimum Gasteiger partial charge on any atom is -0.273 e. The van der Waals surface area contributed by atoms with Crippen LogP contribution in [0.3, 0.4) is 0 Å². The van der Waals surface area contributed by atoms with Gasteiger partial charge in [-0.2, -0.15) is 10.2 Å². The smallest absolute Gasteiger partial charge is 0.243 e. The van der Waals surface area contributed by atoms with Crippen molar-refractivity contribution in [3.05, 3.63) is 83.2 Å². The normalized spacial score (nSPS) is 12.3. The number of nitrogens with zero attached hydrogens (tertiary/aromatic N) is 3. The maximum atomic E-state index is 12.3. The summed E-state index contributed by atoms with van der Waals surface area (Å²) in [5.41, 5.74) is 7.55. The number of hydrogen-bond donors (Lipinski definition) is 1. The van der Waals surface area contributed by atoms with Crippen LogP contribution >= 0.6 is 0 Å². The number of para-hydroxylation sites is 1. The molecule has 1 aromatic heterocycles. The van der Waals surface area contributed by atoms with Gasteiger partial charge in [0.05, 0.1) is 23.3 Å². The SMILES string of the molecule is Cc1nn(-c2ccccc2)c(C)c1/C=N\NC(=O)[C@@H](C)Cc1ccccc1. The molecular formula is C22H24N4O. The van der Waals surface area contributed by atoms with Gasteiger partial charge in [0, 0.05) is 11.5 Å². The molecule has 1 N–H and O–H groups in total. The van der Waals surface area contributed by atoms with Crippen LogP contribution in [0.15, 0.2) is 65.8 Å². The summed E-state index contributed by atoms with van der Waals surface area (Å²) < 4.78 is 1.89. The number of rotatable bonds is 6. The van der Waals surface area contributed by atoms with Gasteiger partial charge in [-0.25, -0.2) is 10.1 Å². The molecule has 27 heavy (non-hydrogen) atoms. The highest BCUT2D eigenvalue weighted by Gasteiger charge is 2.14. The molecule has 0 bridgehead atoms. The second-order valence-corrected chi connectivity index (χ2v) is 6.66. The fourth-order valence-corrected chi connectivity index (χ4v) is 2.99. The van der Waals surface area contributed by atoms with Crippen molar-refractivity contribution >= 4 is 12.1 Å². The van der Waals surface area contributed by atoms with E-state index in [-0.39, 0.29) is 11.8 Å². The Balaban J connectivity index is 1.66. The summed E-state index contributed by atoms with van der Waals surface area (Å²) in [7, 11) is 0. The van der Waals surface area contributed by atoms with E-state index in [1.54, 1.807) is 6.21 Å². The molecule has 5 nitrogen and oxygen atoms in total. The van der Waals surface area contributed by atoms with E-state index in [9.17, 15) is 4.79 Å². The van der Waals surface area contributed by atoms with Crippen LogP contribution in [0.5, 0.6) is 0 Å². The van der Waals surface area contributed by atoms with Gasteiger partial charge in [-0.1, -0.05) is 55.5 Å². The molecule has 0 fully saturated rings. The van der Waals surface area contributed by atoms with E-state index in [2.05, 4.69) is 15.6 Å². The third-order valence-corrected chi connectivity index (χ3v) is 4.55. The average molecular weight is 360 g/mol. The molecule has 3 rings (SSSR count). The van der Waals surface area contributed by atoms with Crippen molar-refractivity contribution in [2.24, 2.45) is 11.0 Å². The zero-order chi connectivity index (χ0) is 19.2. The van der Waals surface area contributed by atoms with Gasteiger partial charge in [-0.15, -0.1) is 0 Å². The standard InChI is InChI=1S/C22H24N4O/c1-16(14-19-10-6-4-7-11-19)22(27)24-23-15-21-17(2)25-26(18(21)3)20-12-8-5-9-13-20/h4-13,15-16H,14H2,1-3H3,(H,24,27)/b23-15-/t16-/m0/s1. The Morgan fingerprint density at radius 2 is 1.74 bits per heavy atom. The summed E-state index contributed by atoms with van der Waals surface area (Å²) in [5.74, 6) is -0.250. The van der Waals surface area contributed by atoms with Gasteiger partial charge in [0.1, 0.15) is 0 Å². The second kappa shape index (κ2) is 8.45. The van der Waals surface area contributed by atoms with E-state index in [1.807, 2.05) is 86.1 Å². The summed E-state index contributed by atoms with van der Waals surface area (Å²) >= 11 is 0. The van der Waals surface area contributed by atoms with Crippen LogP contribution in [0.25, 0.3) is 5.69 Å². The number of benzene rings is 2. The maximum Gasteiger partial charge on any atom is 0.243 e. The summed E-state index contributed by atoms with van der Waals surface area (Å²) in [4.78, 5) is 12.3. The quantitative estimate of drug-likeness (QED) is 0.537. The number of carbonyl (C=O) groups is 1. The molecule has 0 spiro atoms. The topological polar surface area (TPSA) is 59.3 Å². The molecule has 1 heterocycles. The monoisotopic (exact) mass is 360 g/mol. The van der Waals surface area contributed by atoms with Crippen LogP contribution in [0.2, 0.25) is 0 Å². The predicted octanol–water partition coefficient (Wildman–Crippen LogP) is 3.82. The Bertz CT molecular complexity index is 930. The van der Waals surface area contributed by atoms with Gasteiger partial charge in [0.2, 0.25) is 5.91 Å². The number of aromatic nitrogens is 2. The molecule has 0 radical (unpaired) electrons. The van der Waals surface area contributed by atoms with Crippen LogP contribution < -0.4 is 5.43 Å². The number of aryl methyl sites for hydroxylation is 1. The molecule has 1 atom stereocenters. The number of nitrogens with one attached hydrogen (secondary N) is 1. The van der Waals surface area contributed by atoms with Crippen LogP contribution in [-0.2, 0) is 11.2 Å². The van der Waals surface area contributed by atoms with Crippen LogP contribution in [0, 0.1) is 19.8 Å². The van der Waals surface area contributed by atoms with Gasteiger partial charge in [0.15, 0.2) is 0 Å². The van der Waals surface area contributed by atoms with Gasteiger partial charge in [0.25, 0.3) is 0 Å². The molecular weight excluding hydrogens is 336 g/mol. The van der Waals surface area contributed by atoms with Crippen molar-refractivity contribution in [3.63, 3.8) is 0 Å². The maximum absolute atomic E-state index is 12.3. The number of hydrogen-bond acceptors (Lipinski definition) is 3. The van der Waals surface area contributed by atoms with E-state index in [4.69, 9.17) is 0 Å². The lowest BCUT2D eigenvalue weighted by Crippen LogP contribution is -2.26. The molecule has 2 aromatic carbocycles. The minimum atomic E-state index is -0.154. The summed E-state index contributed by atoms with van der Waals surface area (Å²) in [6, 6.07) is 19.9. The molecule has 0 aliphatic rings. The van der Waals surface area contributed by atoms with E-state index in [0.29, 0.717) is 6.42 Å². The van der Waals surface area contributed by atoms with Crippen LogP contribution in [-0.4, -0.2) is 21.9 Å². The lowest BCUT2D eigenvalue weighted by molar-refractivity contribution is -0.124. The highest BCUT2D eigenvalue weighted by atomic mass is 16.2. The predicted molar refractivity (Wildman–Crippen MR) is 108 cm³/mol. The van der Waals surface area contributed by atoms with Gasteiger partial charge in [-0.05, 0) is 38.0 Å². The molecule has 1 amide bonds.